The van der Waals surface area contributed by atoms with E-state index in [0.717, 1.165) is 42.6 Å². The van der Waals surface area contributed by atoms with Crippen LogP contribution in [0.5, 0.6) is 17.2 Å². The van der Waals surface area contributed by atoms with Gasteiger partial charge in [-0.05, 0) is 49.6 Å². The van der Waals surface area contributed by atoms with Crippen LogP contribution in [0.2, 0.25) is 0 Å². The van der Waals surface area contributed by atoms with Gasteiger partial charge in [0.15, 0.2) is 11.5 Å². The largest absolute Gasteiger partial charge is 0.493 e. The number of aromatic amines is 1. The third kappa shape index (κ3) is 6.03. The zero-order chi connectivity index (χ0) is 23.8. The fourth-order valence-corrected chi connectivity index (χ4v) is 3.65. The van der Waals surface area contributed by atoms with Crippen molar-refractivity contribution in [1.29, 1.82) is 0 Å². The zero-order valence-electron chi connectivity index (χ0n) is 19.5. The number of hydrogen-bond donors (Lipinski definition) is 1. The molecule has 0 aliphatic heterocycles. The molecule has 0 unspecified atom stereocenters. The van der Waals surface area contributed by atoms with Crippen LogP contribution in [0.1, 0.15) is 35.3 Å². The summed E-state index contributed by atoms with van der Waals surface area (Å²) in [5, 5.41) is 7.30. The molecule has 8 heteroatoms. The molecule has 33 heavy (non-hydrogen) atoms. The second kappa shape index (κ2) is 11.4. The molecular formula is C25H30FN3O4. The predicted molar refractivity (Wildman–Crippen MR) is 125 cm³/mol. The van der Waals surface area contributed by atoms with Crippen LogP contribution in [0.25, 0.3) is 11.3 Å². The van der Waals surface area contributed by atoms with E-state index in [0.29, 0.717) is 29.4 Å². The van der Waals surface area contributed by atoms with Crippen molar-refractivity contribution in [3.05, 3.63) is 59.5 Å². The van der Waals surface area contributed by atoms with Gasteiger partial charge in [0.25, 0.3) is 5.91 Å². The monoisotopic (exact) mass is 455 g/mol. The highest BCUT2D eigenvalue weighted by Crippen LogP contribution is 2.38. The SMILES string of the molecule is COc1cc(C(=O)N(C)CCCCCc2cc(-c3cccc(F)c3)n[nH]2)cc(OC)c1OC. The third-order valence-corrected chi connectivity index (χ3v) is 5.45. The van der Waals surface area contributed by atoms with Crippen molar-refractivity contribution in [2.45, 2.75) is 25.7 Å². The molecule has 0 spiro atoms. The Labute approximate surface area is 193 Å². The fraction of sp³-hybridized carbons (Fsp3) is 0.360. The molecule has 1 heterocycles. The predicted octanol–water partition coefficient (Wildman–Crippen LogP) is 4.73. The molecule has 176 valence electrons. The maximum atomic E-state index is 13.4. The number of methoxy groups -OCH3 is 3. The molecular weight excluding hydrogens is 425 g/mol. The molecule has 0 saturated carbocycles. The maximum absolute atomic E-state index is 13.4. The van der Waals surface area contributed by atoms with Crippen LogP contribution in [0.3, 0.4) is 0 Å². The first-order valence-corrected chi connectivity index (χ1v) is 10.8. The quantitative estimate of drug-likeness (QED) is 0.423. The van der Waals surface area contributed by atoms with Crippen LogP contribution in [0.4, 0.5) is 4.39 Å². The molecule has 0 bridgehead atoms. The first-order chi connectivity index (χ1) is 16.0. The lowest BCUT2D eigenvalue weighted by atomic mass is 10.1. The highest BCUT2D eigenvalue weighted by molar-refractivity contribution is 5.95. The molecule has 3 rings (SSSR count). The second-order valence-electron chi connectivity index (χ2n) is 7.74. The summed E-state index contributed by atoms with van der Waals surface area (Å²) in [5.74, 6) is 0.972. The van der Waals surface area contributed by atoms with E-state index in [2.05, 4.69) is 10.2 Å². The van der Waals surface area contributed by atoms with Crippen LogP contribution >= 0.6 is 0 Å². The minimum absolute atomic E-state index is 0.109. The summed E-state index contributed by atoms with van der Waals surface area (Å²) >= 11 is 0. The Morgan fingerprint density at radius 3 is 2.36 bits per heavy atom. The number of halogens is 1. The Hall–Kier alpha value is -3.55. The van der Waals surface area contributed by atoms with Gasteiger partial charge in [-0.25, -0.2) is 4.39 Å². The van der Waals surface area contributed by atoms with Gasteiger partial charge in [-0.15, -0.1) is 0 Å². The van der Waals surface area contributed by atoms with Crippen molar-refractivity contribution in [3.63, 3.8) is 0 Å². The summed E-state index contributed by atoms with van der Waals surface area (Å²) in [6.07, 6.45) is 3.63. The molecule has 2 aromatic carbocycles. The number of benzene rings is 2. The van der Waals surface area contributed by atoms with Gasteiger partial charge in [-0.1, -0.05) is 18.6 Å². The Balaban J connectivity index is 1.48. The molecule has 1 amide bonds. The smallest absolute Gasteiger partial charge is 0.253 e. The lowest BCUT2D eigenvalue weighted by Gasteiger charge is -2.19. The van der Waals surface area contributed by atoms with Crippen LogP contribution in [0.15, 0.2) is 42.5 Å². The highest BCUT2D eigenvalue weighted by Gasteiger charge is 2.19. The number of amides is 1. The zero-order valence-corrected chi connectivity index (χ0v) is 19.5. The number of nitrogens with zero attached hydrogens (tertiary/aromatic N) is 2. The Bertz CT molecular complexity index is 1060. The van der Waals surface area contributed by atoms with E-state index < -0.39 is 0 Å². The minimum Gasteiger partial charge on any atom is -0.493 e. The van der Waals surface area contributed by atoms with Gasteiger partial charge in [0.05, 0.1) is 27.0 Å². The number of ether oxygens (including phenoxy) is 3. The van der Waals surface area contributed by atoms with Gasteiger partial charge >= 0.3 is 0 Å². The third-order valence-electron chi connectivity index (χ3n) is 5.45. The minimum atomic E-state index is -0.276. The number of aromatic nitrogens is 2. The molecule has 0 fully saturated rings. The van der Waals surface area contributed by atoms with Crippen molar-refractivity contribution in [2.24, 2.45) is 0 Å². The first-order valence-electron chi connectivity index (χ1n) is 10.8. The Morgan fingerprint density at radius 1 is 1.00 bits per heavy atom. The summed E-state index contributed by atoms with van der Waals surface area (Å²) in [6, 6.07) is 11.7. The van der Waals surface area contributed by atoms with E-state index in [1.165, 1.54) is 33.5 Å². The normalized spacial score (nSPS) is 10.7. The summed E-state index contributed by atoms with van der Waals surface area (Å²) in [4.78, 5) is 14.6. The lowest BCUT2D eigenvalue weighted by molar-refractivity contribution is 0.0791. The summed E-state index contributed by atoms with van der Waals surface area (Å²) in [7, 11) is 6.36. The molecule has 1 aromatic heterocycles. The number of H-pyrrole nitrogens is 1. The summed E-state index contributed by atoms with van der Waals surface area (Å²) < 4.78 is 29.4. The van der Waals surface area contributed by atoms with Gasteiger partial charge in [0.2, 0.25) is 5.75 Å². The van der Waals surface area contributed by atoms with Gasteiger partial charge < -0.3 is 19.1 Å². The Kier molecular flexibility index (Phi) is 8.29. The number of nitrogens with one attached hydrogen (secondary N) is 1. The highest BCUT2D eigenvalue weighted by atomic mass is 19.1. The van der Waals surface area contributed by atoms with E-state index >= 15 is 0 Å². The number of carbonyl (C=O) groups is 1. The van der Waals surface area contributed by atoms with E-state index in [4.69, 9.17) is 14.2 Å². The van der Waals surface area contributed by atoms with E-state index in [1.807, 2.05) is 12.1 Å². The van der Waals surface area contributed by atoms with Crippen molar-refractivity contribution < 1.29 is 23.4 Å². The molecule has 1 N–H and O–H groups in total. The molecule has 0 aliphatic rings. The van der Waals surface area contributed by atoms with Crippen molar-refractivity contribution in [1.82, 2.24) is 15.1 Å². The summed E-state index contributed by atoms with van der Waals surface area (Å²) in [6.45, 7) is 0.632. The average molecular weight is 456 g/mol. The van der Waals surface area contributed by atoms with E-state index in [1.54, 1.807) is 30.1 Å². The lowest BCUT2D eigenvalue weighted by Crippen LogP contribution is -2.27. The maximum Gasteiger partial charge on any atom is 0.253 e. The fourth-order valence-electron chi connectivity index (χ4n) is 3.65. The first kappa shape index (κ1) is 24.1. The van der Waals surface area contributed by atoms with E-state index in [-0.39, 0.29) is 11.7 Å². The average Bonchev–Trinajstić information content (AvgIpc) is 3.31. The number of unbranched alkanes of at least 4 members (excludes halogenated alkanes) is 2. The van der Waals surface area contributed by atoms with Crippen LogP contribution in [-0.4, -0.2) is 55.9 Å². The van der Waals surface area contributed by atoms with E-state index in [9.17, 15) is 9.18 Å². The topological polar surface area (TPSA) is 76.7 Å². The van der Waals surface area contributed by atoms with Crippen LogP contribution in [-0.2, 0) is 6.42 Å². The standard InChI is InChI=1S/C25H30FN3O4/c1-29(25(30)18-14-22(31-2)24(33-4)23(15-18)32-3)12-7-5-6-11-20-16-21(28-27-20)17-9-8-10-19(26)13-17/h8-10,13-16H,5-7,11-12H2,1-4H3,(H,27,28). The van der Waals surface area contributed by atoms with Crippen LogP contribution < -0.4 is 14.2 Å². The van der Waals surface area contributed by atoms with Crippen molar-refractivity contribution in [3.8, 4) is 28.5 Å². The van der Waals surface area contributed by atoms with Crippen LogP contribution in [0, 0.1) is 5.82 Å². The summed E-state index contributed by atoms with van der Waals surface area (Å²) in [5.41, 5.74) is 2.98. The molecule has 0 saturated heterocycles. The van der Waals surface area contributed by atoms with Gasteiger partial charge in [-0.3, -0.25) is 9.89 Å². The Morgan fingerprint density at radius 2 is 1.73 bits per heavy atom. The number of carbonyl (C=O) groups excluding carboxylic acids is 1. The van der Waals surface area contributed by atoms with Gasteiger partial charge in [-0.2, -0.15) is 5.10 Å². The van der Waals surface area contributed by atoms with Gasteiger partial charge in [0.1, 0.15) is 5.82 Å². The molecule has 0 radical (unpaired) electrons. The molecule has 0 atom stereocenters. The number of rotatable bonds is 11. The second-order valence-corrected chi connectivity index (χ2v) is 7.74. The van der Waals surface area contributed by atoms with Crippen molar-refractivity contribution >= 4 is 5.91 Å². The molecule has 7 nitrogen and oxygen atoms in total. The number of hydrogen-bond acceptors (Lipinski definition) is 5. The number of aryl methyl sites for hydroxylation is 1. The molecule has 0 aliphatic carbocycles. The molecule has 3 aromatic rings. The van der Waals surface area contributed by atoms with Crippen molar-refractivity contribution in [2.75, 3.05) is 34.9 Å². The van der Waals surface area contributed by atoms with Gasteiger partial charge in [0, 0.05) is 30.4 Å².